The first-order valence-electron chi connectivity index (χ1n) is 10.1. The third kappa shape index (κ3) is 6.34. The van der Waals surface area contributed by atoms with Gasteiger partial charge in [0.1, 0.15) is 17.7 Å². The molecule has 9 nitrogen and oxygen atoms in total. The van der Waals surface area contributed by atoms with E-state index in [0.717, 1.165) is 48.3 Å². The molecule has 2 bridgehead atoms. The summed E-state index contributed by atoms with van der Waals surface area (Å²) < 4.78 is 33.4. The molecule has 0 saturated carbocycles. The van der Waals surface area contributed by atoms with Crippen molar-refractivity contribution in [2.45, 2.75) is 38.8 Å². The van der Waals surface area contributed by atoms with E-state index in [2.05, 4.69) is 31.4 Å². The molecule has 33 heavy (non-hydrogen) atoms. The molecule has 4 rings (SSSR count). The zero-order valence-electron chi connectivity index (χ0n) is 17.6. The molecule has 3 aromatic rings. The molecule has 0 spiro atoms. The van der Waals surface area contributed by atoms with Crippen LogP contribution in [0.3, 0.4) is 0 Å². The zero-order valence-corrected chi connectivity index (χ0v) is 17.6. The molecule has 1 aliphatic heterocycles. The van der Waals surface area contributed by atoms with Crippen LogP contribution in [0.15, 0.2) is 43.2 Å². The first-order chi connectivity index (χ1) is 15.6. The Hall–Kier alpha value is -3.83. The fourth-order valence-corrected chi connectivity index (χ4v) is 3.13. The molecule has 2 N–H and O–H groups in total. The van der Waals surface area contributed by atoms with Gasteiger partial charge in [0.2, 0.25) is 5.91 Å². The lowest BCUT2D eigenvalue weighted by atomic mass is 10.00. The van der Waals surface area contributed by atoms with E-state index in [1.807, 2.05) is 19.2 Å². The van der Waals surface area contributed by atoms with Crippen molar-refractivity contribution in [2.24, 2.45) is 5.92 Å². The predicted molar refractivity (Wildman–Crippen MR) is 111 cm³/mol. The summed E-state index contributed by atoms with van der Waals surface area (Å²) in [4.78, 5) is 34.0. The largest absolute Gasteiger partial charge is 0.490 e. The SMILES string of the molecule is CC1CCCCc2cc(ccn2)-c2nn(-c3cncnc3)cc2NC1=O.O=C(O)C(F)(F)F. The maximum absolute atomic E-state index is 12.6. The van der Waals surface area contributed by atoms with Crippen LogP contribution in [-0.4, -0.2) is 47.9 Å². The number of aliphatic carboxylic acids is 1. The summed E-state index contributed by atoms with van der Waals surface area (Å²) in [7, 11) is 0. The summed E-state index contributed by atoms with van der Waals surface area (Å²) >= 11 is 0. The standard InChI is InChI=1S/C19H20N6O.C2HF3O2/c1-13-4-2-3-5-15-8-14(6-7-22-15)18-17(23-19(13)26)11-25(24-18)16-9-20-12-21-10-16;3-2(4,5)1(6)7/h6-13H,2-5H2,1H3,(H,23,26);(H,6,7). The van der Waals surface area contributed by atoms with Gasteiger partial charge >= 0.3 is 12.1 Å². The Labute approximate surface area is 186 Å². The predicted octanol–water partition coefficient (Wildman–Crippen LogP) is 3.66. The Morgan fingerprint density at radius 3 is 2.61 bits per heavy atom. The minimum absolute atomic E-state index is 0.0185. The fourth-order valence-electron chi connectivity index (χ4n) is 3.13. The van der Waals surface area contributed by atoms with Crippen molar-refractivity contribution in [3.05, 3.63) is 48.9 Å². The first-order valence-corrected chi connectivity index (χ1v) is 10.1. The number of aryl methyl sites for hydroxylation is 1. The van der Waals surface area contributed by atoms with Crippen LogP contribution in [0.5, 0.6) is 0 Å². The zero-order chi connectivity index (χ0) is 24.0. The Morgan fingerprint density at radius 2 is 1.94 bits per heavy atom. The monoisotopic (exact) mass is 462 g/mol. The molecule has 1 atom stereocenters. The van der Waals surface area contributed by atoms with Crippen molar-refractivity contribution >= 4 is 17.6 Å². The summed E-state index contributed by atoms with van der Waals surface area (Å²) in [6.45, 7) is 1.97. The molecular weight excluding hydrogens is 441 g/mol. The molecule has 1 aliphatic rings. The molecular formula is C21H21F3N6O3. The van der Waals surface area contributed by atoms with Crippen LogP contribution < -0.4 is 5.32 Å². The van der Waals surface area contributed by atoms with Gasteiger partial charge in [0.05, 0.1) is 24.3 Å². The number of anilines is 1. The highest BCUT2D eigenvalue weighted by Gasteiger charge is 2.38. The van der Waals surface area contributed by atoms with Gasteiger partial charge in [-0.15, -0.1) is 0 Å². The average molecular weight is 462 g/mol. The lowest BCUT2D eigenvalue weighted by Gasteiger charge is -2.13. The number of pyridine rings is 1. The van der Waals surface area contributed by atoms with Crippen molar-refractivity contribution in [2.75, 3.05) is 5.32 Å². The van der Waals surface area contributed by atoms with Crippen LogP contribution in [0.2, 0.25) is 0 Å². The van der Waals surface area contributed by atoms with Crippen LogP contribution in [0.1, 0.15) is 31.9 Å². The highest BCUT2D eigenvalue weighted by Crippen LogP contribution is 2.29. The van der Waals surface area contributed by atoms with Gasteiger partial charge in [0.15, 0.2) is 0 Å². The van der Waals surface area contributed by atoms with Gasteiger partial charge in [0.25, 0.3) is 0 Å². The molecule has 0 fully saturated rings. The minimum Gasteiger partial charge on any atom is -0.475 e. The van der Waals surface area contributed by atoms with E-state index in [9.17, 15) is 18.0 Å². The topological polar surface area (TPSA) is 123 Å². The van der Waals surface area contributed by atoms with Gasteiger partial charge in [-0.2, -0.15) is 18.3 Å². The second-order valence-electron chi connectivity index (χ2n) is 7.41. The summed E-state index contributed by atoms with van der Waals surface area (Å²) in [6.07, 6.45) is 7.17. The van der Waals surface area contributed by atoms with Crippen molar-refractivity contribution in [1.29, 1.82) is 0 Å². The van der Waals surface area contributed by atoms with Crippen LogP contribution >= 0.6 is 0 Å². The molecule has 1 unspecified atom stereocenters. The molecule has 0 radical (unpaired) electrons. The third-order valence-corrected chi connectivity index (χ3v) is 4.88. The Kier molecular flexibility index (Phi) is 7.36. The van der Waals surface area contributed by atoms with E-state index in [-0.39, 0.29) is 11.8 Å². The number of rotatable bonds is 1. The third-order valence-electron chi connectivity index (χ3n) is 4.88. The van der Waals surface area contributed by atoms with Gasteiger partial charge in [-0.05, 0) is 31.4 Å². The summed E-state index contributed by atoms with van der Waals surface area (Å²) in [6, 6.07) is 3.97. The van der Waals surface area contributed by atoms with Crippen LogP contribution in [0.25, 0.3) is 16.9 Å². The molecule has 1 amide bonds. The van der Waals surface area contributed by atoms with Crippen LogP contribution in [0.4, 0.5) is 18.9 Å². The molecule has 0 aromatic carbocycles. The van der Waals surface area contributed by atoms with Crippen molar-refractivity contribution in [3.8, 4) is 16.9 Å². The molecule has 4 heterocycles. The quantitative estimate of drug-likeness (QED) is 0.566. The van der Waals surface area contributed by atoms with Crippen LogP contribution in [0, 0.1) is 5.92 Å². The second kappa shape index (κ2) is 10.2. The normalized spacial score (nSPS) is 16.2. The Bertz CT molecular complexity index is 1120. The van der Waals surface area contributed by atoms with Crippen LogP contribution in [-0.2, 0) is 16.0 Å². The number of nitrogens with zero attached hydrogens (tertiary/aromatic N) is 5. The van der Waals surface area contributed by atoms with E-state index in [1.54, 1.807) is 23.3 Å². The van der Waals surface area contributed by atoms with E-state index in [1.165, 1.54) is 6.33 Å². The minimum atomic E-state index is -5.08. The lowest BCUT2D eigenvalue weighted by molar-refractivity contribution is -0.192. The number of hydrogen-bond acceptors (Lipinski definition) is 6. The number of carboxylic acid groups (broad SMARTS) is 1. The number of nitrogens with one attached hydrogen (secondary N) is 1. The second-order valence-corrected chi connectivity index (χ2v) is 7.41. The molecule has 174 valence electrons. The molecule has 12 heteroatoms. The Balaban J connectivity index is 0.000000383. The van der Waals surface area contributed by atoms with Gasteiger partial charge < -0.3 is 10.4 Å². The molecule has 0 saturated heterocycles. The number of carbonyl (C=O) groups excluding carboxylic acids is 1. The Morgan fingerprint density at radius 1 is 1.24 bits per heavy atom. The van der Waals surface area contributed by atoms with E-state index in [4.69, 9.17) is 9.90 Å². The molecule has 3 aromatic heterocycles. The number of fused-ring (bicyclic) bond motifs is 4. The van der Waals surface area contributed by atoms with Crippen molar-refractivity contribution < 1.29 is 27.9 Å². The van der Waals surface area contributed by atoms with Crippen molar-refractivity contribution in [3.63, 3.8) is 0 Å². The first kappa shape index (κ1) is 23.8. The van der Waals surface area contributed by atoms with E-state index < -0.39 is 12.1 Å². The highest BCUT2D eigenvalue weighted by molar-refractivity contribution is 5.95. The van der Waals surface area contributed by atoms with E-state index in [0.29, 0.717) is 5.69 Å². The van der Waals surface area contributed by atoms with E-state index >= 15 is 0 Å². The number of alkyl halides is 3. The fraction of sp³-hybridized carbons (Fsp3) is 0.333. The number of halogens is 3. The summed E-state index contributed by atoms with van der Waals surface area (Å²) in [5.41, 5.74) is 4.13. The van der Waals surface area contributed by atoms with Gasteiger partial charge in [-0.25, -0.2) is 19.4 Å². The lowest BCUT2D eigenvalue weighted by Crippen LogP contribution is -2.21. The molecule has 0 aliphatic carbocycles. The maximum Gasteiger partial charge on any atom is 0.490 e. The number of carbonyl (C=O) groups is 2. The smallest absolute Gasteiger partial charge is 0.475 e. The van der Waals surface area contributed by atoms with Gasteiger partial charge in [-0.3, -0.25) is 9.78 Å². The highest BCUT2D eigenvalue weighted by atomic mass is 19.4. The van der Waals surface area contributed by atoms with Gasteiger partial charge in [0, 0.05) is 23.4 Å². The van der Waals surface area contributed by atoms with Gasteiger partial charge in [-0.1, -0.05) is 13.3 Å². The summed E-state index contributed by atoms with van der Waals surface area (Å²) in [5.74, 6) is -2.78. The number of amides is 1. The van der Waals surface area contributed by atoms with Crippen molar-refractivity contribution in [1.82, 2.24) is 24.7 Å². The number of hydrogen-bond donors (Lipinski definition) is 2. The summed E-state index contributed by atoms with van der Waals surface area (Å²) in [5, 5.41) is 14.8. The number of carboxylic acids is 1. The number of aromatic nitrogens is 5. The average Bonchev–Trinajstić information content (AvgIpc) is 3.20. The maximum atomic E-state index is 12.6.